The Morgan fingerprint density at radius 3 is 2.58 bits per heavy atom. The van der Waals surface area contributed by atoms with Crippen LogP contribution in [-0.4, -0.2) is 23.3 Å². The second kappa shape index (κ2) is 7.22. The molecule has 0 radical (unpaired) electrons. The monoisotopic (exact) mass is 360 g/mol. The van der Waals surface area contributed by atoms with Crippen molar-refractivity contribution < 1.29 is 14.7 Å². The zero-order chi connectivity index (χ0) is 19.1. The third-order valence-electron chi connectivity index (χ3n) is 8.30. The molecule has 1 N–H and O–H groups in total. The van der Waals surface area contributed by atoms with Gasteiger partial charge >= 0.3 is 0 Å². The lowest BCUT2D eigenvalue weighted by atomic mass is 9.52. The predicted octanol–water partition coefficient (Wildman–Crippen LogP) is 4.72. The minimum absolute atomic E-state index is 0.0274. The number of fused-ring (bicyclic) bond motifs is 1. The molecule has 0 heterocycles. The van der Waals surface area contributed by atoms with Gasteiger partial charge in [-0.15, -0.1) is 0 Å². The molecule has 0 bridgehead atoms. The molecule has 26 heavy (non-hydrogen) atoms. The van der Waals surface area contributed by atoms with Crippen LogP contribution in [-0.2, 0) is 9.59 Å². The van der Waals surface area contributed by atoms with Gasteiger partial charge < -0.3 is 5.11 Å². The van der Waals surface area contributed by atoms with E-state index in [9.17, 15) is 14.7 Å². The minimum atomic E-state index is 0.0274. The smallest absolute Gasteiger partial charge is 0.155 e. The molecule has 0 aromatic carbocycles. The number of hydrogen-bond acceptors (Lipinski definition) is 3. The van der Waals surface area contributed by atoms with Gasteiger partial charge in [-0.1, -0.05) is 26.3 Å². The minimum Gasteiger partial charge on any atom is -0.396 e. The van der Waals surface area contributed by atoms with E-state index in [1.165, 1.54) is 5.57 Å². The van der Waals surface area contributed by atoms with E-state index in [0.29, 0.717) is 30.0 Å². The first-order valence-electron chi connectivity index (χ1n) is 10.6. The van der Waals surface area contributed by atoms with Crippen LogP contribution in [0.5, 0.6) is 0 Å². The van der Waals surface area contributed by atoms with Gasteiger partial charge in [0.1, 0.15) is 5.78 Å². The molecule has 3 nitrogen and oxygen atoms in total. The van der Waals surface area contributed by atoms with Crippen molar-refractivity contribution in [1.29, 1.82) is 0 Å². The number of hydrogen-bond donors (Lipinski definition) is 1. The third-order valence-corrected chi connectivity index (χ3v) is 8.30. The van der Waals surface area contributed by atoms with Crippen LogP contribution in [0.1, 0.15) is 79.1 Å². The summed E-state index contributed by atoms with van der Waals surface area (Å²) in [6.45, 7) is 8.73. The highest BCUT2D eigenvalue weighted by atomic mass is 16.3. The molecule has 0 amide bonds. The van der Waals surface area contributed by atoms with Gasteiger partial charge in [-0.3, -0.25) is 9.59 Å². The van der Waals surface area contributed by atoms with E-state index < -0.39 is 0 Å². The molecule has 146 valence electrons. The number of ketones is 2. The number of carbonyl (C=O) groups is 2. The number of carbonyl (C=O) groups excluding carboxylic acids is 2. The van der Waals surface area contributed by atoms with E-state index in [-0.39, 0.29) is 29.1 Å². The summed E-state index contributed by atoms with van der Waals surface area (Å²) in [5, 5.41) is 9.71. The molecule has 0 aliphatic heterocycles. The number of Topliss-reactive ketones (excluding diaryl/α,β-unsaturated/α-hetero) is 1. The average molecular weight is 361 g/mol. The summed E-state index contributed by atoms with van der Waals surface area (Å²) in [4.78, 5) is 24.3. The highest BCUT2D eigenvalue weighted by molar-refractivity contribution is 5.91. The van der Waals surface area contributed by atoms with Gasteiger partial charge in [-0.2, -0.15) is 0 Å². The molecule has 3 aliphatic rings. The maximum absolute atomic E-state index is 12.3. The fraction of sp³-hybridized carbons (Fsp3) is 0.826. The van der Waals surface area contributed by atoms with Gasteiger partial charge in [-0.05, 0) is 86.5 Å². The van der Waals surface area contributed by atoms with Crippen LogP contribution in [0.15, 0.2) is 11.6 Å². The van der Waals surface area contributed by atoms with Crippen molar-refractivity contribution in [2.75, 3.05) is 6.61 Å². The number of aliphatic hydroxyl groups is 1. The van der Waals surface area contributed by atoms with Crippen molar-refractivity contribution in [1.82, 2.24) is 0 Å². The Bertz CT molecular complexity index is 605. The number of allylic oxidation sites excluding steroid dienone is 2. The lowest BCUT2D eigenvalue weighted by Crippen LogP contribution is -2.45. The average Bonchev–Trinajstić information content (AvgIpc) is 2.95. The van der Waals surface area contributed by atoms with Crippen molar-refractivity contribution in [2.45, 2.75) is 79.1 Å². The molecule has 0 saturated heterocycles. The van der Waals surface area contributed by atoms with Crippen LogP contribution in [0, 0.1) is 34.5 Å². The Labute approximate surface area is 158 Å². The summed E-state index contributed by atoms with van der Waals surface area (Å²) in [7, 11) is 0. The van der Waals surface area contributed by atoms with E-state index in [2.05, 4.69) is 20.8 Å². The Morgan fingerprint density at radius 1 is 1.23 bits per heavy atom. The standard InChI is InChI=1S/C23H36O3/c1-15(2)21-14-19(26)8-9-22(21,4)17-7-10-23(11-12-24)18(13-17)5-6-20(23)16(3)25/h14-15,17-18,20,24H,5-13H2,1-4H3/t17-,18-,20+,22+,23+/m0/s1. The summed E-state index contributed by atoms with van der Waals surface area (Å²) in [6.07, 6.45) is 9.80. The first-order chi connectivity index (χ1) is 12.2. The van der Waals surface area contributed by atoms with Gasteiger partial charge in [0, 0.05) is 18.9 Å². The first kappa shape index (κ1) is 19.8. The maximum Gasteiger partial charge on any atom is 0.155 e. The van der Waals surface area contributed by atoms with Crippen LogP contribution in [0.2, 0.25) is 0 Å². The number of aliphatic hydroxyl groups excluding tert-OH is 1. The zero-order valence-corrected chi connectivity index (χ0v) is 17.0. The molecular formula is C23H36O3. The predicted molar refractivity (Wildman–Crippen MR) is 104 cm³/mol. The maximum atomic E-state index is 12.3. The molecular weight excluding hydrogens is 324 g/mol. The zero-order valence-electron chi connectivity index (χ0n) is 17.0. The van der Waals surface area contributed by atoms with Crippen LogP contribution in [0.4, 0.5) is 0 Å². The molecule has 3 aliphatic carbocycles. The van der Waals surface area contributed by atoms with Crippen molar-refractivity contribution in [3.63, 3.8) is 0 Å². The molecule has 5 atom stereocenters. The van der Waals surface area contributed by atoms with Crippen molar-refractivity contribution >= 4 is 11.6 Å². The van der Waals surface area contributed by atoms with Crippen molar-refractivity contribution in [3.05, 3.63) is 11.6 Å². The molecule has 0 aromatic heterocycles. The first-order valence-corrected chi connectivity index (χ1v) is 10.6. The van der Waals surface area contributed by atoms with Gasteiger partial charge in [0.2, 0.25) is 0 Å². The van der Waals surface area contributed by atoms with Crippen molar-refractivity contribution in [3.8, 4) is 0 Å². The summed E-state index contributed by atoms with van der Waals surface area (Å²) in [6, 6.07) is 0. The lowest BCUT2D eigenvalue weighted by molar-refractivity contribution is -0.127. The molecule has 2 saturated carbocycles. The molecule has 0 aromatic rings. The highest BCUT2D eigenvalue weighted by Gasteiger charge is 2.56. The van der Waals surface area contributed by atoms with Gasteiger partial charge in [0.15, 0.2) is 5.78 Å². The molecule has 3 heteroatoms. The van der Waals surface area contributed by atoms with E-state index in [1.807, 2.05) is 6.08 Å². The molecule has 0 unspecified atom stereocenters. The fourth-order valence-corrected chi connectivity index (χ4v) is 6.96. The molecule has 3 rings (SSSR count). The second-order valence-electron chi connectivity index (χ2n) is 9.75. The van der Waals surface area contributed by atoms with Gasteiger partial charge in [-0.25, -0.2) is 0 Å². The van der Waals surface area contributed by atoms with Crippen LogP contribution in [0.3, 0.4) is 0 Å². The van der Waals surface area contributed by atoms with E-state index in [0.717, 1.165) is 44.9 Å². The Hall–Kier alpha value is -0.960. The topological polar surface area (TPSA) is 54.4 Å². The largest absolute Gasteiger partial charge is 0.396 e. The van der Waals surface area contributed by atoms with E-state index in [1.54, 1.807) is 6.92 Å². The van der Waals surface area contributed by atoms with Crippen LogP contribution < -0.4 is 0 Å². The SMILES string of the molecule is CC(=O)[C@H]1CC[C@H]2C[C@@H]([C@@]3(C)CCC(=O)C=C3C(C)C)CC[C@@]21CCO. The third kappa shape index (κ3) is 3.10. The van der Waals surface area contributed by atoms with Crippen molar-refractivity contribution in [2.24, 2.45) is 34.5 Å². The Morgan fingerprint density at radius 2 is 1.96 bits per heavy atom. The summed E-state index contributed by atoms with van der Waals surface area (Å²) in [5.74, 6) is 2.28. The molecule has 2 fully saturated rings. The quantitative estimate of drug-likeness (QED) is 0.771. The summed E-state index contributed by atoms with van der Waals surface area (Å²) >= 11 is 0. The number of rotatable bonds is 5. The van der Waals surface area contributed by atoms with E-state index in [4.69, 9.17) is 0 Å². The summed E-state index contributed by atoms with van der Waals surface area (Å²) in [5.41, 5.74) is 1.48. The van der Waals surface area contributed by atoms with E-state index >= 15 is 0 Å². The Balaban J connectivity index is 1.87. The van der Waals surface area contributed by atoms with Gasteiger partial charge in [0.25, 0.3) is 0 Å². The van der Waals surface area contributed by atoms with Gasteiger partial charge in [0.05, 0.1) is 0 Å². The van der Waals surface area contributed by atoms with Crippen LogP contribution in [0.25, 0.3) is 0 Å². The molecule has 0 spiro atoms. The second-order valence-corrected chi connectivity index (χ2v) is 9.75. The highest BCUT2D eigenvalue weighted by Crippen LogP contribution is 2.63. The fourth-order valence-electron chi connectivity index (χ4n) is 6.96. The normalized spacial score (nSPS) is 40.5. The summed E-state index contributed by atoms with van der Waals surface area (Å²) < 4.78 is 0. The van der Waals surface area contributed by atoms with Crippen LogP contribution >= 0.6 is 0 Å². The Kier molecular flexibility index (Phi) is 5.50. The lowest BCUT2D eigenvalue weighted by Gasteiger charge is -2.52.